The van der Waals surface area contributed by atoms with E-state index in [1.807, 2.05) is 0 Å². The number of nitrogens with zero attached hydrogens (tertiary/aromatic N) is 1. The third-order valence-corrected chi connectivity index (χ3v) is 6.81. The summed E-state index contributed by atoms with van der Waals surface area (Å²) in [6.45, 7) is 5.89. The Kier molecular flexibility index (Phi) is 5.41. The van der Waals surface area contributed by atoms with Crippen molar-refractivity contribution in [3.05, 3.63) is 36.3 Å². The number of carbonyl (C=O) groups is 2. The smallest absolute Gasteiger partial charge is 0.258 e. The molecule has 0 bridgehead atoms. The fraction of sp³-hybridized carbons (Fsp3) is 0.375. The molecule has 1 aliphatic heterocycles. The fourth-order valence-corrected chi connectivity index (χ4v) is 5.61. The number of rotatable bonds is 4. The van der Waals surface area contributed by atoms with Gasteiger partial charge in [0, 0.05) is 24.0 Å². The topological polar surface area (TPSA) is 75.4 Å². The Labute approximate surface area is 163 Å². The van der Waals surface area contributed by atoms with Crippen molar-refractivity contribution >= 4 is 62.7 Å². The first-order valence-electron chi connectivity index (χ1n) is 7.72. The van der Waals surface area contributed by atoms with Gasteiger partial charge in [-0.05, 0) is 31.9 Å². The maximum Gasteiger partial charge on any atom is 0.258 e. The Hall–Kier alpha value is -1.12. The first-order chi connectivity index (χ1) is 11.8. The molecule has 0 atom stereocenters. The second kappa shape index (κ2) is 7.25. The van der Waals surface area contributed by atoms with E-state index in [9.17, 15) is 9.59 Å². The molecular formula is C16H17Cl2N3O2S2. The lowest BCUT2D eigenvalue weighted by Crippen LogP contribution is -2.35. The maximum absolute atomic E-state index is 12.5. The van der Waals surface area contributed by atoms with E-state index in [4.69, 9.17) is 28.9 Å². The van der Waals surface area contributed by atoms with E-state index < -0.39 is 11.8 Å². The summed E-state index contributed by atoms with van der Waals surface area (Å²) < 4.78 is 0.749. The number of hydrogen-bond donors (Lipinski definition) is 2. The molecule has 1 aliphatic rings. The zero-order valence-electron chi connectivity index (χ0n) is 13.7. The fourth-order valence-electron chi connectivity index (χ4n) is 2.88. The summed E-state index contributed by atoms with van der Waals surface area (Å²) in [5.41, 5.74) is 7.23. The van der Waals surface area contributed by atoms with Gasteiger partial charge in [0.25, 0.3) is 11.8 Å². The highest BCUT2D eigenvalue weighted by molar-refractivity contribution is 7.20. The zero-order valence-corrected chi connectivity index (χ0v) is 16.8. The molecule has 2 aromatic heterocycles. The van der Waals surface area contributed by atoms with Crippen LogP contribution in [-0.2, 0) is 13.0 Å². The van der Waals surface area contributed by atoms with E-state index in [1.165, 1.54) is 17.4 Å². The van der Waals surface area contributed by atoms with Gasteiger partial charge in [0.1, 0.15) is 9.34 Å². The number of nitrogens with one attached hydrogen (secondary N) is 1. The number of carbonyl (C=O) groups excluding carboxylic acids is 2. The van der Waals surface area contributed by atoms with Crippen LogP contribution in [0.25, 0.3) is 0 Å². The second-order valence-corrected chi connectivity index (χ2v) is 9.47. The van der Waals surface area contributed by atoms with E-state index in [-0.39, 0.29) is 0 Å². The summed E-state index contributed by atoms with van der Waals surface area (Å²) in [4.78, 5) is 27.9. The second-order valence-electron chi connectivity index (χ2n) is 6.08. The summed E-state index contributed by atoms with van der Waals surface area (Å²) >= 11 is 14.5. The molecule has 9 heteroatoms. The van der Waals surface area contributed by atoms with Gasteiger partial charge in [0.2, 0.25) is 0 Å². The number of anilines is 1. The average molecular weight is 418 g/mol. The number of thiophene rings is 2. The molecule has 25 heavy (non-hydrogen) atoms. The van der Waals surface area contributed by atoms with E-state index in [2.05, 4.69) is 24.1 Å². The predicted molar refractivity (Wildman–Crippen MR) is 104 cm³/mol. The maximum atomic E-state index is 12.5. The predicted octanol–water partition coefficient (Wildman–Crippen LogP) is 4.23. The number of primary amides is 1. The highest BCUT2D eigenvalue weighted by Crippen LogP contribution is 2.38. The third kappa shape index (κ3) is 3.71. The van der Waals surface area contributed by atoms with Gasteiger partial charge in [-0.2, -0.15) is 0 Å². The minimum atomic E-state index is -0.528. The number of halogens is 2. The molecule has 0 aliphatic carbocycles. The molecule has 3 N–H and O–H groups in total. The van der Waals surface area contributed by atoms with Crippen LogP contribution in [0.1, 0.15) is 45.0 Å². The Balaban J connectivity index is 1.93. The molecule has 0 spiro atoms. The molecule has 0 fully saturated rings. The van der Waals surface area contributed by atoms with Gasteiger partial charge in [0.05, 0.1) is 15.5 Å². The molecule has 0 aromatic carbocycles. The van der Waals surface area contributed by atoms with Crippen LogP contribution >= 0.6 is 45.9 Å². The molecule has 2 aromatic rings. The van der Waals surface area contributed by atoms with Crippen molar-refractivity contribution in [3.63, 3.8) is 0 Å². The first-order valence-corrected chi connectivity index (χ1v) is 10.1. The van der Waals surface area contributed by atoms with Crippen LogP contribution in [0.5, 0.6) is 0 Å². The van der Waals surface area contributed by atoms with Gasteiger partial charge in [-0.3, -0.25) is 14.5 Å². The minimum Gasteiger partial charge on any atom is -0.365 e. The average Bonchev–Trinajstić information content (AvgIpc) is 3.05. The van der Waals surface area contributed by atoms with Crippen LogP contribution in [0.2, 0.25) is 8.67 Å². The van der Waals surface area contributed by atoms with Crippen LogP contribution in [0.4, 0.5) is 5.00 Å². The summed E-state index contributed by atoms with van der Waals surface area (Å²) in [7, 11) is 0. The third-order valence-electron chi connectivity index (χ3n) is 4.19. The van der Waals surface area contributed by atoms with Gasteiger partial charge in [-0.15, -0.1) is 22.7 Å². The van der Waals surface area contributed by atoms with Crippen LogP contribution in [0, 0.1) is 0 Å². The molecule has 0 saturated carbocycles. The highest BCUT2D eigenvalue weighted by Gasteiger charge is 2.29. The number of nitrogens with two attached hydrogens (primary N) is 1. The van der Waals surface area contributed by atoms with Crippen LogP contribution < -0.4 is 11.1 Å². The van der Waals surface area contributed by atoms with Gasteiger partial charge < -0.3 is 11.1 Å². The quantitative estimate of drug-likeness (QED) is 0.780. The lowest BCUT2D eigenvalue weighted by atomic mass is 10.0. The van der Waals surface area contributed by atoms with Crippen molar-refractivity contribution in [3.8, 4) is 0 Å². The molecule has 0 saturated heterocycles. The highest BCUT2D eigenvalue weighted by atomic mass is 35.5. The summed E-state index contributed by atoms with van der Waals surface area (Å²) in [6, 6.07) is 1.93. The molecule has 5 nitrogen and oxygen atoms in total. The SMILES string of the molecule is CC(C)N1CCc2c(sc(NC(=O)c3cc(Cl)sc3Cl)c2C(N)=O)C1. The molecule has 3 rings (SSSR count). The van der Waals surface area contributed by atoms with Crippen LogP contribution in [-0.4, -0.2) is 29.3 Å². The Morgan fingerprint density at radius 3 is 2.60 bits per heavy atom. The van der Waals surface area contributed by atoms with Crippen molar-refractivity contribution in [2.24, 2.45) is 5.73 Å². The first kappa shape index (κ1) is 18.7. The summed E-state index contributed by atoms with van der Waals surface area (Å²) in [6.07, 6.45) is 0.739. The molecule has 0 unspecified atom stereocenters. The monoisotopic (exact) mass is 417 g/mol. The van der Waals surface area contributed by atoms with Crippen molar-refractivity contribution in [1.82, 2.24) is 4.90 Å². The number of amides is 2. The van der Waals surface area contributed by atoms with Crippen molar-refractivity contribution in [2.75, 3.05) is 11.9 Å². The van der Waals surface area contributed by atoms with Crippen LogP contribution in [0.15, 0.2) is 6.07 Å². The van der Waals surface area contributed by atoms with Crippen LogP contribution in [0.3, 0.4) is 0 Å². The summed E-state index contributed by atoms with van der Waals surface area (Å²) in [5, 5.41) is 3.27. The largest absolute Gasteiger partial charge is 0.365 e. The van der Waals surface area contributed by atoms with E-state index in [1.54, 1.807) is 0 Å². The normalized spacial score (nSPS) is 14.6. The Morgan fingerprint density at radius 1 is 1.32 bits per heavy atom. The number of fused-ring (bicyclic) bond motifs is 1. The van der Waals surface area contributed by atoms with Gasteiger partial charge in [-0.1, -0.05) is 23.2 Å². The van der Waals surface area contributed by atoms with E-state index >= 15 is 0 Å². The van der Waals surface area contributed by atoms with Crippen molar-refractivity contribution < 1.29 is 9.59 Å². The summed E-state index contributed by atoms with van der Waals surface area (Å²) in [5.74, 6) is -0.921. The Bertz CT molecular complexity index is 845. The molecule has 2 amide bonds. The molecular weight excluding hydrogens is 401 g/mol. The van der Waals surface area contributed by atoms with E-state index in [0.29, 0.717) is 30.8 Å². The lowest BCUT2D eigenvalue weighted by molar-refractivity contribution is 0.0999. The van der Waals surface area contributed by atoms with Gasteiger partial charge >= 0.3 is 0 Å². The standard InChI is InChI=1S/C16H17Cl2N3O2S2/c1-7(2)21-4-3-8-10(6-21)24-16(12(8)14(19)22)20-15(23)9-5-11(17)25-13(9)18/h5,7H,3-4,6H2,1-2H3,(H2,19,22)(H,20,23). The molecule has 134 valence electrons. The lowest BCUT2D eigenvalue weighted by Gasteiger charge is -2.30. The van der Waals surface area contributed by atoms with Crippen molar-refractivity contribution in [1.29, 1.82) is 0 Å². The van der Waals surface area contributed by atoms with Gasteiger partial charge in [-0.25, -0.2) is 0 Å². The van der Waals surface area contributed by atoms with Crippen molar-refractivity contribution in [2.45, 2.75) is 32.9 Å². The molecule has 3 heterocycles. The zero-order chi connectivity index (χ0) is 18.3. The Morgan fingerprint density at radius 2 is 2.04 bits per heavy atom. The van der Waals surface area contributed by atoms with E-state index in [0.717, 1.165) is 41.3 Å². The number of hydrogen-bond acceptors (Lipinski definition) is 5. The minimum absolute atomic E-state index is 0.294. The molecule has 0 radical (unpaired) electrons. The van der Waals surface area contributed by atoms with Gasteiger partial charge in [0.15, 0.2) is 0 Å².